The topological polar surface area (TPSA) is 46.1 Å². The van der Waals surface area contributed by atoms with Gasteiger partial charge in [-0.05, 0) is 43.2 Å². The van der Waals surface area contributed by atoms with E-state index in [0.717, 1.165) is 58.0 Å². The molecule has 3 aromatic rings. The Bertz CT molecular complexity index is 1050. The zero-order chi connectivity index (χ0) is 20.6. The Hall–Kier alpha value is -2.39. The van der Waals surface area contributed by atoms with Crippen LogP contribution in [0.3, 0.4) is 0 Å². The molecule has 0 unspecified atom stereocenters. The van der Waals surface area contributed by atoms with Crippen molar-refractivity contribution in [3.63, 3.8) is 0 Å². The molecule has 0 N–H and O–H groups in total. The van der Waals surface area contributed by atoms with Gasteiger partial charge in [-0.2, -0.15) is 13.2 Å². The van der Waals surface area contributed by atoms with Gasteiger partial charge in [0.05, 0.1) is 27.0 Å². The molecular formula is C20H16F3N3OS2. The van der Waals surface area contributed by atoms with E-state index in [1.807, 2.05) is 24.4 Å². The van der Waals surface area contributed by atoms with Crippen molar-refractivity contribution < 1.29 is 18.0 Å². The molecule has 1 aromatic carbocycles. The van der Waals surface area contributed by atoms with Gasteiger partial charge in [0.1, 0.15) is 0 Å². The number of amides is 1. The molecule has 1 amide bonds. The molecule has 9 heteroatoms. The first-order chi connectivity index (χ1) is 13.8. The number of carbonyl (C=O) groups excluding carboxylic acids is 1. The van der Waals surface area contributed by atoms with Crippen LogP contribution in [-0.2, 0) is 17.4 Å². The molecule has 0 atom stereocenters. The monoisotopic (exact) mass is 435 g/mol. The Morgan fingerprint density at radius 1 is 1.28 bits per heavy atom. The number of benzene rings is 1. The molecule has 0 aliphatic carbocycles. The van der Waals surface area contributed by atoms with E-state index < -0.39 is 11.7 Å². The molecule has 150 valence electrons. The number of aromatic nitrogens is 2. The fourth-order valence-corrected chi connectivity index (χ4v) is 4.50. The standard InChI is InChI=1S/C20H16F3N3OS2/c1-12-25-16(10-28-12)13-2-4-17-14(8-13)6-7-26(17)19(27)11-29-18-5-3-15(9-24-18)20(21,22)23/h2-5,8-10H,6-7,11H2,1H3. The lowest BCUT2D eigenvalue weighted by molar-refractivity contribution is -0.137. The molecule has 4 nitrogen and oxygen atoms in total. The summed E-state index contributed by atoms with van der Waals surface area (Å²) in [6, 6.07) is 8.24. The molecule has 0 bridgehead atoms. The van der Waals surface area contributed by atoms with Crippen LogP contribution in [0.15, 0.2) is 46.9 Å². The average molecular weight is 435 g/mol. The first-order valence-electron chi connectivity index (χ1n) is 8.83. The highest BCUT2D eigenvalue weighted by Crippen LogP contribution is 2.34. The van der Waals surface area contributed by atoms with Crippen LogP contribution >= 0.6 is 23.1 Å². The van der Waals surface area contributed by atoms with Gasteiger partial charge >= 0.3 is 6.18 Å². The highest BCUT2D eigenvalue weighted by Gasteiger charge is 2.31. The minimum absolute atomic E-state index is 0.0901. The molecule has 0 fully saturated rings. The fourth-order valence-electron chi connectivity index (χ4n) is 3.16. The second-order valence-corrected chi connectivity index (χ2v) is 8.62. The van der Waals surface area contributed by atoms with Crippen molar-refractivity contribution in [2.45, 2.75) is 24.5 Å². The van der Waals surface area contributed by atoms with Crippen molar-refractivity contribution in [3.8, 4) is 11.3 Å². The van der Waals surface area contributed by atoms with Crippen LogP contribution < -0.4 is 4.90 Å². The van der Waals surface area contributed by atoms with E-state index in [2.05, 4.69) is 16.0 Å². The van der Waals surface area contributed by atoms with Crippen LogP contribution in [0, 0.1) is 6.92 Å². The summed E-state index contributed by atoms with van der Waals surface area (Å²) in [7, 11) is 0. The Balaban J connectivity index is 1.42. The molecule has 0 saturated carbocycles. The molecule has 0 spiro atoms. The minimum Gasteiger partial charge on any atom is -0.311 e. The maximum atomic E-state index is 12.7. The Labute approximate surface area is 173 Å². The number of hydrogen-bond acceptors (Lipinski definition) is 5. The summed E-state index contributed by atoms with van der Waals surface area (Å²) >= 11 is 2.73. The molecule has 0 saturated heterocycles. The van der Waals surface area contributed by atoms with Crippen LogP contribution in [0.4, 0.5) is 18.9 Å². The van der Waals surface area contributed by atoms with Gasteiger partial charge in [-0.15, -0.1) is 11.3 Å². The van der Waals surface area contributed by atoms with E-state index in [1.54, 1.807) is 16.2 Å². The number of halogens is 3. The molecule has 4 rings (SSSR count). The van der Waals surface area contributed by atoms with Gasteiger partial charge in [0.15, 0.2) is 0 Å². The lowest BCUT2D eigenvalue weighted by Crippen LogP contribution is -2.30. The van der Waals surface area contributed by atoms with Gasteiger partial charge in [0.25, 0.3) is 0 Å². The highest BCUT2D eigenvalue weighted by molar-refractivity contribution is 7.99. The van der Waals surface area contributed by atoms with Crippen LogP contribution in [-0.4, -0.2) is 28.2 Å². The van der Waals surface area contributed by atoms with Gasteiger partial charge in [0.2, 0.25) is 5.91 Å². The number of fused-ring (bicyclic) bond motifs is 1. The van der Waals surface area contributed by atoms with Crippen LogP contribution in [0.2, 0.25) is 0 Å². The zero-order valence-corrected chi connectivity index (χ0v) is 17.0. The van der Waals surface area contributed by atoms with Crippen molar-refractivity contribution in [1.82, 2.24) is 9.97 Å². The van der Waals surface area contributed by atoms with Crippen molar-refractivity contribution in [1.29, 1.82) is 0 Å². The highest BCUT2D eigenvalue weighted by atomic mass is 32.2. The molecular weight excluding hydrogens is 419 g/mol. The van der Waals surface area contributed by atoms with Crippen molar-refractivity contribution in [2.75, 3.05) is 17.2 Å². The average Bonchev–Trinajstić information content (AvgIpc) is 3.31. The fraction of sp³-hybridized carbons (Fsp3) is 0.250. The number of rotatable bonds is 4. The number of thiazole rings is 1. The summed E-state index contributed by atoms with van der Waals surface area (Å²) in [4.78, 5) is 22.7. The third-order valence-corrected chi connectivity index (χ3v) is 6.30. The van der Waals surface area contributed by atoms with Gasteiger partial charge in [-0.1, -0.05) is 17.8 Å². The van der Waals surface area contributed by atoms with Gasteiger partial charge in [-0.25, -0.2) is 9.97 Å². The first-order valence-corrected chi connectivity index (χ1v) is 10.7. The van der Waals surface area contributed by atoms with Gasteiger partial charge in [0, 0.05) is 29.4 Å². The molecule has 0 radical (unpaired) electrons. The first kappa shape index (κ1) is 19.9. The van der Waals surface area contributed by atoms with E-state index in [1.165, 1.54) is 6.07 Å². The maximum absolute atomic E-state index is 12.7. The molecule has 1 aliphatic heterocycles. The largest absolute Gasteiger partial charge is 0.417 e. The SMILES string of the molecule is Cc1nc(-c2ccc3c(c2)CCN3C(=O)CSc2ccc(C(F)(F)F)cn2)cs1. The van der Waals surface area contributed by atoms with Crippen LogP contribution in [0.25, 0.3) is 11.3 Å². The summed E-state index contributed by atoms with van der Waals surface area (Å²) in [5.41, 5.74) is 3.15. The summed E-state index contributed by atoms with van der Waals surface area (Å²) in [5.74, 6) is 0.0258. The number of carbonyl (C=O) groups is 1. The normalized spacial score (nSPS) is 13.6. The van der Waals surface area contributed by atoms with E-state index >= 15 is 0 Å². The van der Waals surface area contributed by atoms with E-state index in [9.17, 15) is 18.0 Å². The number of thioether (sulfide) groups is 1. The van der Waals surface area contributed by atoms with E-state index in [4.69, 9.17) is 0 Å². The maximum Gasteiger partial charge on any atom is 0.417 e. The number of alkyl halides is 3. The molecule has 2 aromatic heterocycles. The lowest BCUT2D eigenvalue weighted by Gasteiger charge is -2.17. The van der Waals surface area contributed by atoms with Crippen molar-refractivity contribution in [2.24, 2.45) is 0 Å². The summed E-state index contributed by atoms with van der Waals surface area (Å²) in [6.45, 7) is 2.56. The number of nitrogens with zero attached hydrogens (tertiary/aromatic N) is 3. The predicted molar refractivity (Wildman–Crippen MR) is 108 cm³/mol. The molecule has 3 heterocycles. The van der Waals surface area contributed by atoms with Gasteiger partial charge < -0.3 is 4.90 Å². The minimum atomic E-state index is -4.42. The number of hydrogen-bond donors (Lipinski definition) is 0. The summed E-state index contributed by atoms with van der Waals surface area (Å²) < 4.78 is 37.8. The van der Waals surface area contributed by atoms with Gasteiger partial charge in [-0.3, -0.25) is 4.79 Å². The number of pyridine rings is 1. The molecule has 29 heavy (non-hydrogen) atoms. The predicted octanol–water partition coefficient (Wildman–Crippen LogP) is 5.21. The lowest BCUT2D eigenvalue weighted by atomic mass is 10.1. The Morgan fingerprint density at radius 3 is 2.76 bits per heavy atom. The Morgan fingerprint density at radius 2 is 2.10 bits per heavy atom. The molecule has 1 aliphatic rings. The quantitative estimate of drug-likeness (QED) is 0.528. The summed E-state index contributed by atoms with van der Waals surface area (Å²) in [5, 5.41) is 3.41. The number of anilines is 1. The van der Waals surface area contributed by atoms with Crippen molar-refractivity contribution >= 4 is 34.7 Å². The third-order valence-electron chi connectivity index (χ3n) is 4.60. The van der Waals surface area contributed by atoms with E-state index in [-0.39, 0.29) is 11.7 Å². The van der Waals surface area contributed by atoms with Crippen molar-refractivity contribution in [3.05, 3.63) is 58.0 Å². The van der Waals surface area contributed by atoms with E-state index in [0.29, 0.717) is 11.6 Å². The number of aryl methyl sites for hydroxylation is 1. The van der Waals surface area contributed by atoms with Crippen LogP contribution in [0.1, 0.15) is 16.1 Å². The second-order valence-electron chi connectivity index (χ2n) is 6.56. The van der Waals surface area contributed by atoms with Crippen LogP contribution in [0.5, 0.6) is 0 Å². The third kappa shape index (κ3) is 4.30. The zero-order valence-electron chi connectivity index (χ0n) is 15.4. The second kappa shape index (κ2) is 7.79. The Kier molecular flexibility index (Phi) is 5.35. The smallest absolute Gasteiger partial charge is 0.311 e. The summed E-state index contributed by atoms with van der Waals surface area (Å²) in [6.07, 6.45) is -2.86.